The van der Waals surface area contributed by atoms with Crippen LogP contribution in [-0.2, 0) is 11.2 Å². The van der Waals surface area contributed by atoms with Gasteiger partial charge in [-0.3, -0.25) is 4.90 Å². The van der Waals surface area contributed by atoms with Gasteiger partial charge in [0.15, 0.2) is 0 Å². The molecular formula is C14H19NO2. The van der Waals surface area contributed by atoms with Crippen molar-refractivity contribution in [2.75, 3.05) is 33.4 Å². The smallest absolute Gasteiger partial charge is 0.0598 e. The second kappa shape index (κ2) is 4.09. The van der Waals surface area contributed by atoms with Crippen LogP contribution in [0, 0.1) is 5.41 Å². The van der Waals surface area contributed by atoms with Crippen LogP contribution in [0.2, 0.25) is 0 Å². The second-order valence-corrected chi connectivity index (χ2v) is 5.35. The fourth-order valence-electron chi connectivity index (χ4n) is 3.19. The lowest BCUT2D eigenvalue weighted by Gasteiger charge is -2.51. The van der Waals surface area contributed by atoms with E-state index in [1.165, 1.54) is 11.1 Å². The number of hydrogen-bond donors (Lipinski definition) is 1. The van der Waals surface area contributed by atoms with Crippen LogP contribution in [0.3, 0.4) is 0 Å². The van der Waals surface area contributed by atoms with Gasteiger partial charge in [-0.15, -0.1) is 0 Å². The van der Waals surface area contributed by atoms with Gasteiger partial charge in [0.05, 0.1) is 25.2 Å². The normalized spacial score (nSPS) is 27.3. The maximum Gasteiger partial charge on any atom is 0.0598 e. The Balaban J connectivity index is 2.03. The molecule has 1 atom stereocenters. The lowest BCUT2D eigenvalue weighted by molar-refractivity contribution is -0.176. The van der Waals surface area contributed by atoms with Crippen LogP contribution in [-0.4, -0.2) is 43.4 Å². The van der Waals surface area contributed by atoms with Crippen LogP contribution in [0.1, 0.15) is 17.2 Å². The van der Waals surface area contributed by atoms with Gasteiger partial charge in [-0.1, -0.05) is 24.3 Å². The van der Waals surface area contributed by atoms with E-state index in [0.29, 0.717) is 19.3 Å². The van der Waals surface area contributed by atoms with Gasteiger partial charge < -0.3 is 9.84 Å². The molecule has 2 heterocycles. The van der Waals surface area contributed by atoms with Crippen molar-refractivity contribution in [3.63, 3.8) is 0 Å². The average Bonchev–Trinajstić information content (AvgIpc) is 2.31. The van der Waals surface area contributed by atoms with Gasteiger partial charge in [0.2, 0.25) is 0 Å². The van der Waals surface area contributed by atoms with Crippen molar-refractivity contribution in [2.45, 2.75) is 12.5 Å². The Morgan fingerprint density at radius 3 is 2.82 bits per heavy atom. The highest BCUT2D eigenvalue weighted by Gasteiger charge is 2.49. The number of rotatable bonds is 2. The molecule has 2 aliphatic heterocycles. The first kappa shape index (κ1) is 11.2. The predicted molar refractivity (Wildman–Crippen MR) is 65.9 cm³/mol. The molecule has 3 rings (SSSR count). The fourth-order valence-corrected chi connectivity index (χ4v) is 3.19. The molecule has 0 bridgehead atoms. The summed E-state index contributed by atoms with van der Waals surface area (Å²) in [4.78, 5) is 2.36. The molecule has 1 aromatic rings. The third kappa shape index (κ3) is 1.61. The minimum atomic E-state index is -0.0920. The molecule has 0 aliphatic carbocycles. The van der Waals surface area contributed by atoms with Crippen LogP contribution in [0.25, 0.3) is 0 Å². The van der Waals surface area contributed by atoms with Crippen molar-refractivity contribution in [1.82, 2.24) is 4.90 Å². The average molecular weight is 233 g/mol. The number of aliphatic hydroxyl groups excluding tert-OH is 1. The van der Waals surface area contributed by atoms with Gasteiger partial charge in [-0.2, -0.15) is 0 Å². The Morgan fingerprint density at radius 1 is 1.41 bits per heavy atom. The topological polar surface area (TPSA) is 32.7 Å². The predicted octanol–water partition coefficient (Wildman–Crippen LogP) is 1.22. The minimum absolute atomic E-state index is 0.0920. The van der Waals surface area contributed by atoms with Crippen LogP contribution in [0.15, 0.2) is 24.3 Å². The van der Waals surface area contributed by atoms with Crippen molar-refractivity contribution in [3.8, 4) is 0 Å². The highest BCUT2D eigenvalue weighted by atomic mass is 16.5. The fraction of sp³-hybridized carbons (Fsp3) is 0.571. The summed E-state index contributed by atoms with van der Waals surface area (Å²) in [6.45, 7) is 2.61. The van der Waals surface area contributed by atoms with E-state index in [4.69, 9.17) is 4.74 Å². The first-order valence-corrected chi connectivity index (χ1v) is 6.23. The van der Waals surface area contributed by atoms with Crippen LogP contribution < -0.4 is 0 Å². The SMILES string of the molecule is CN1CCc2ccccc2C1C1(CO)COC1. The summed E-state index contributed by atoms with van der Waals surface area (Å²) >= 11 is 0. The first-order valence-electron chi connectivity index (χ1n) is 6.23. The van der Waals surface area contributed by atoms with E-state index in [2.05, 4.69) is 36.2 Å². The molecule has 1 aromatic carbocycles. The molecule has 1 fully saturated rings. The molecule has 2 aliphatic rings. The number of hydrogen-bond acceptors (Lipinski definition) is 3. The van der Waals surface area contributed by atoms with Crippen molar-refractivity contribution >= 4 is 0 Å². The van der Waals surface area contributed by atoms with Gasteiger partial charge in [-0.25, -0.2) is 0 Å². The van der Waals surface area contributed by atoms with E-state index < -0.39 is 0 Å². The highest BCUT2D eigenvalue weighted by Crippen LogP contribution is 2.46. The molecule has 3 nitrogen and oxygen atoms in total. The summed E-state index contributed by atoms with van der Waals surface area (Å²) in [5, 5.41) is 9.73. The highest BCUT2D eigenvalue weighted by molar-refractivity contribution is 5.34. The Hall–Kier alpha value is -0.900. The Bertz CT molecular complexity index is 409. The summed E-state index contributed by atoms with van der Waals surface area (Å²) in [5.74, 6) is 0. The Kier molecular flexibility index (Phi) is 2.69. The van der Waals surface area contributed by atoms with Crippen molar-refractivity contribution < 1.29 is 9.84 Å². The zero-order chi connectivity index (χ0) is 11.9. The summed E-state index contributed by atoms with van der Waals surface area (Å²) < 4.78 is 5.36. The molecule has 0 radical (unpaired) electrons. The molecule has 17 heavy (non-hydrogen) atoms. The van der Waals surface area contributed by atoms with E-state index in [0.717, 1.165) is 13.0 Å². The number of nitrogens with zero attached hydrogens (tertiary/aromatic N) is 1. The standard InChI is InChI=1S/C14H19NO2/c1-15-7-6-11-4-2-3-5-12(11)13(15)14(8-16)9-17-10-14/h2-5,13,16H,6-10H2,1H3. The molecule has 92 valence electrons. The van der Waals surface area contributed by atoms with Crippen molar-refractivity contribution in [2.24, 2.45) is 5.41 Å². The number of likely N-dealkylation sites (N-methyl/N-ethyl adjacent to an activating group) is 1. The summed E-state index contributed by atoms with van der Waals surface area (Å²) in [5.41, 5.74) is 2.71. The maximum atomic E-state index is 9.73. The first-order chi connectivity index (χ1) is 8.27. The van der Waals surface area contributed by atoms with E-state index >= 15 is 0 Å². The van der Waals surface area contributed by atoms with Crippen LogP contribution >= 0.6 is 0 Å². The van der Waals surface area contributed by atoms with Gasteiger partial charge in [0.25, 0.3) is 0 Å². The van der Waals surface area contributed by atoms with E-state index in [9.17, 15) is 5.11 Å². The Morgan fingerprint density at radius 2 is 2.18 bits per heavy atom. The maximum absolute atomic E-state index is 9.73. The Labute approximate surface area is 102 Å². The van der Waals surface area contributed by atoms with E-state index in [-0.39, 0.29) is 12.0 Å². The summed E-state index contributed by atoms with van der Waals surface area (Å²) in [7, 11) is 2.15. The van der Waals surface area contributed by atoms with Gasteiger partial charge in [-0.05, 0) is 24.6 Å². The van der Waals surface area contributed by atoms with E-state index in [1.807, 2.05) is 0 Å². The summed E-state index contributed by atoms with van der Waals surface area (Å²) in [6, 6.07) is 8.90. The number of ether oxygens (including phenoxy) is 1. The molecule has 0 spiro atoms. The van der Waals surface area contributed by atoms with Gasteiger partial charge >= 0.3 is 0 Å². The monoisotopic (exact) mass is 233 g/mol. The molecule has 1 saturated heterocycles. The third-order valence-corrected chi connectivity index (χ3v) is 4.20. The molecule has 0 amide bonds. The van der Waals surface area contributed by atoms with Crippen molar-refractivity contribution in [3.05, 3.63) is 35.4 Å². The van der Waals surface area contributed by atoms with Gasteiger partial charge in [0.1, 0.15) is 0 Å². The van der Waals surface area contributed by atoms with Crippen LogP contribution in [0.4, 0.5) is 0 Å². The number of fused-ring (bicyclic) bond motifs is 1. The molecule has 1 unspecified atom stereocenters. The number of benzene rings is 1. The quantitative estimate of drug-likeness (QED) is 0.834. The van der Waals surface area contributed by atoms with Gasteiger partial charge in [0, 0.05) is 12.6 Å². The van der Waals surface area contributed by atoms with Crippen molar-refractivity contribution in [1.29, 1.82) is 0 Å². The largest absolute Gasteiger partial charge is 0.396 e. The summed E-state index contributed by atoms with van der Waals surface area (Å²) in [6.07, 6.45) is 1.10. The minimum Gasteiger partial charge on any atom is -0.396 e. The zero-order valence-corrected chi connectivity index (χ0v) is 10.2. The molecule has 0 aromatic heterocycles. The van der Waals surface area contributed by atoms with Crippen LogP contribution in [0.5, 0.6) is 0 Å². The molecule has 1 N–H and O–H groups in total. The molecule has 0 saturated carbocycles. The van der Waals surface area contributed by atoms with E-state index in [1.54, 1.807) is 0 Å². The number of aliphatic hydroxyl groups is 1. The molecule has 3 heteroatoms. The lowest BCUT2D eigenvalue weighted by Crippen LogP contribution is -2.56. The third-order valence-electron chi connectivity index (χ3n) is 4.20. The molecular weight excluding hydrogens is 214 g/mol. The zero-order valence-electron chi connectivity index (χ0n) is 10.2. The lowest BCUT2D eigenvalue weighted by atomic mass is 9.72. The second-order valence-electron chi connectivity index (χ2n) is 5.35.